The Labute approximate surface area is 113 Å². The van der Waals surface area contributed by atoms with E-state index in [1.807, 2.05) is 13.8 Å². The first-order valence-electron chi connectivity index (χ1n) is 6.19. The van der Waals surface area contributed by atoms with Crippen LogP contribution in [0, 0.1) is 0 Å². The maximum absolute atomic E-state index is 11.9. The van der Waals surface area contributed by atoms with Gasteiger partial charge in [0.25, 0.3) is 5.91 Å². The van der Waals surface area contributed by atoms with Crippen molar-refractivity contribution in [1.29, 1.82) is 0 Å². The average Bonchev–Trinajstić information content (AvgIpc) is 2.37. The van der Waals surface area contributed by atoms with E-state index in [1.165, 1.54) is 0 Å². The number of amides is 1. The molecule has 1 heterocycles. The molecule has 1 N–H and O–H groups in total. The van der Waals surface area contributed by atoms with Crippen LogP contribution in [0.15, 0.2) is 12.1 Å². The second-order valence-corrected chi connectivity index (χ2v) is 4.22. The number of aromatic nitrogens is 1. The molecule has 0 unspecified atom stereocenters. The van der Waals surface area contributed by atoms with E-state index in [1.54, 1.807) is 12.1 Å². The van der Waals surface area contributed by atoms with Crippen LogP contribution in [0.5, 0.6) is 0 Å². The number of aryl methyl sites for hydroxylation is 1. The number of pyridine rings is 1. The summed E-state index contributed by atoms with van der Waals surface area (Å²) in [5, 5.41) is 3.19. The molecule has 1 amide bonds. The predicted molar refractivity (Wildman–Crippen MR) is 72.1 cm³/mol. The van der Waals surface area contributed by atoms with Crippen LogP contribution in [0.4, 0.5) is 0 Å². The molecule has 0 bridgehead atoms. The summed E-state index contributed by atoms with van der Waals surface area (Å²) in [6.45, 7) is 5.88. The summed E-state index contributed by atoms with van der Waals surface area (Å²) in [7, 11) is 0. The van der Waals surface area contributed by atoms with E-state index in [-0.39, 0.29) is 5.91 Å². The van der Waals surface area contributed by atoms with Gasteiger partial charge in [0.1, 0.15) is 5.15 Å². The molecule has 0 aromatic carbocycles. The summed E-state index contributed by atoms with van der Waals surface area (Å²) in [6.07, 6.45) is 1.56. The lowest BCUT2D eigenvalue weighted by Crippen LogP contribution is -2.25. The van der Waals surface area contributed by atoms with Crippen LogP contribution in [0.25, 0.3) is 0 Å². The fraction of sp³-hybridized carbons (Fsp3) is 0.538. The van der Waals surface area contributed by atoms with Crippen molar-refractivity contribution in [2.75, 3.05) is 19.8 Å². The van der Waals surface area contributed by atoms with E-state index >= 15 is 0 Å². The summed E-state index contributed by atoms with van der Waals surface area (Å²) in [4.78, 5) is 16.0. The number of rotatable bonds is 7. The predicted octanol–water partition coefficient (Wildman–Crippen LogP) is 2.45. The number of nitrogens with zero attached hydrogens (tertiary/aromatic N) is 1. The van der Waals surface area contributed by atoms with Crippen molar-refractivity contribution >= 4 is 17.5 Å². The van der Waals surface area contributed by atoms with Crippen LogP contribution in [-0.2, 0) is 11.2 Å². The highest BCUT2D eigenvalue weighted by atomic mass is 35.5. The van der Waals surface area contributed by atoms with Gasteiger partial charge < -0.3 is 10.1 Å². The van der Waals surface area contributed by atoms with Gasteiger partial charge in [-0.05, 0) is 31.9 Å². The van der Waals surface area contributed by atoms with Gasteiger partial charge in [0.2, 0.25) is 0 Å². The summed E-state index contributed by atoms with van der Waals surface area (Å²) < 4.78 is 5.19. The third kappa shape index (κ3) is 5.02. The van der Waals surface area contributed by atoms with E-state index in [9.17, 15) is 4.79 Å². The van der Waals surface area contributed by atoms with Gasteiger partial charge in [0.15, 0.2) is 0 Å². The van der Waals surface area contributed by atoms with Crippen molar-refractivity contribution < 1.29 is 9.53 Å². The number of nitrogens with one attached hydrogen (secondary N) is 1. The molecular formula is C13H19ClN2O2. The number of carbonyl (C=O) groups is 1. The van der Waals surface area contributed by atoms with Crippen LogP contribution in [0.3, 0.4) is 0 Å². The zero-order valence-electron chi connectivity index (χ0n) is 10.8. The molecular weight excluding hydrogens is 252 g/mol. The molecule has 0 saturated heterocycles. The van der Waals surface area contributed by atoms with Gasteiger partial charge in [0, 0.05) is 31.0 Å². The van der Waals surface area contributed by atoms with E-state index in [4.69, 9.17) is 16.3 Å². The van der Waals surface area contributed by atoms with Crippen molar-refractivity contribution in [2.45, 2.75) is 26.7 Å². The second-order valence-electron chi connectivity index (χ2n) is 3.83. The Balaban J connectivity index is 2.48. The van der Waals surface area contributed by atoms with Crippen molar-refractivity contribution in [1.82, 2.24) is 10.3 Å². The molecule has 4 nitrogen and oxygen atoms in total. The molecule has 0 aliphatic heterocycles. The largest absolute Gasteiger partial charge is 0.382 e. The van der Waals surface area contributed by atoms with Gasteiger partial charge >= 0.3 is 0 Å². The molecule has 5 heteroatoms. The second kappa shape index (κ2) is 8.06. The monoisotopic (exact) mass is 270 g/mol. The zero-order valence-corrected chi connectivity index (χ0v) is 11.6. The minimum atomic E-state index is -0.120. The fourth-order valence-corrected chi connectivity index (χ4v) is 1.71. The average molecular weight is 271 g/mol. The van der Waals surface area contributed by atoms with Crippen LogP contribution < -0.4 is 5.32 Å². The van der Waals surface area contributed by atoms with Gasteiger partial charge in [-0.2, -0.15) is 0 Å². The van der Waals surface area contributed by atoms with Crippen LogP contribution in [-0.4, -0.2) is 30.6 Å². The standard InChI is InChI=1S/C13H19ClN2O2/c1-3-11-8-10(9-12(14)16-11)13(17)15-6-5-7-18-4-2/h8-9H,3-7H2,1-2H3,(H,15,17). The smallest absolute Gasteiger partial charge is 0.251 e. The lowest BCUT2D eigenvalue weighted by atomic mass is 10.2. The molecule has 100 valence electrons. The van der Waals surface area contributed by atoms with E-state index < -0.39 is 0 Å². The quantitative estimate of drug-likeness (QED) is 0.612. The molecule has 0 spiro atoms. The number of halogens is 1. The highest BCUT2D eigenvalue weighted by Gasteiger charge is 2.08. The molecule has 0 aliphatic rings. The molecule has 18 heavy (non-hydrogen) atoms. The summed E-state index contributed by atoms with van der Waals surface area (Å²) in [6, 6.07) is 3.35. The van der Waals surface area contributed by atoms with Gasteiger partial charge in [-0.15, -0.1) is 0 Å². The Morgan fingerprint density at radius 3 is 2.89 bits per heavy atom. The number of hydrogen-bond donors (Lipinski definition) is 1. The lowest BCUT2D eigenvalue weighted by molar-refractivity contribution is 0.0944. The minimum Gasteiger partial charge on any atom is -0.382 e. The number of hydrogen-bond acceptors (Lipinski definition) is 3. The lowest BCUT2D eigenvalue weighted by Gasteiger charge is -2.07. The van der Waals surface area contributed by atoms with Crippen LogP contribution in [0.1, 0.15) is 36.3 Å². The van der Waals surface area contributed by atoms with Crippen molar-refractivity contribution in [3.63, 3.8) is 0 Å². The zero-order chi connectivity index (χ0) is 13.4. The maximum atomic E-state index is 11.9. The van der Waals surface area contributed by atoms with E-state index in [2.05, 4.69) is 10.3 Å². The van der Waals surface area contributed by atoms with Crippen molar-refractivity contribution in [2.24, 2.45) is 0 Å². The van der Waals surface area contributed by atoms with Crippen molar-refractivity contribution in [3.05, 3.63) is 28.5 Å². The SMILES string of the molecule is CCOCCCNC(=O)c1cc(Cl)nc(CC)c1. The topological polar surface area (TPSA) is 51.2 Å². The van der Waals surface area contributed by atoms with E-state index in [0.717, 1.165) is 18.5 Å². The van der Waals surface area contributed by atoms with Crippen molar-refractivity contribution in [3.8, 4) is 0 Å². The first kappa shape index (κ1) is 14.9. The molecule has 0 radical (unpaired) electrons. The molecule has 0 atom stereocenters. The molecule has 0 saturated carbocycles. The fourth-order valence-electron chi connectivity index (χ4n) is 1.49. The van der Waals surface area contributed by atoms with Crippen LogP contribution >= 0.6 is 11.6 Å². The van der Waals surface area contributed by atoms with Gasteiger partial charge in [-0.3, -0.25) is 4.79 Å². The summed E-state index contributed by atoms with van der Waals surface area (Å²) in [5.41, 5.74) is 1.38. The summed E-state index contributed by atoms with van der Waals surface area (Å²) in [5.74, 6) is -0.120. The van der Waals surface area contributed by atoms with Gasteiger partial charge in [-0.1, -0.05) is 18.5 Å². The third-order valence-corrected chi connectivity index (χ3v) is 2.62. The normalized spacial score (nSPS) is 10.4. The summed E-state index contributed by atoms with van der Waals surface area (Å²) >= 11 is 5.86. The molecule has 0 aliphatic carbocycles. The van der Waals surface area contributed by atoms with Gasteiger partial charge in [-0.25, -0.2) is 4.98 Å². The Bertz CT molecular complexity index is 397. The molecule has 1 aromatic rings. The highest BCUT2D eigenvalue weighted by Crippen LogP contribution is 2.11. The first-order chi connectivity index (χ1) is 8.67. The minimum absolute atomic E-state index is 0.120. The molecule has 0 fully saturated rings. The Kier molecular flexibility index (Phi) is 6.68. The number of ether oxygens (including phenoxy) is 1. The Hall–Kier alpha value is -1.13. The molecule has 1 rings (SSSR count). The van der Waals surface area contributed by atoms with Crippen LogP contribution in [0.2, 0.25) is 5.15 Å². The Morgan fingerprint density at radius 2 is 2.22 bits per heavy atom. The third-order valence-electron chi connectivity index (χ3n) is 2.43. The highest BCUT2D eigenvalue weighted by molar-refractivity contribution is 6.29. The molecule has 1 aromatic heterocycles. The number of carbonyl (C=O) groups excluding carboxylic acids is 1. The Morgan fingerprint density at radius 1 is 1.44 bits per heavy atom. The first-order valence-corrected chi connectivity index (χ1v) is 6.57. The van der Waals surface area contributed by atoms with E-state index in [0.29, 0.717) is 30.5 Å². The maximum Gasteiger partial charge on any atom is 0.251 e. The van der Waals surface area contributed by atoms with Gasteiger partial charge in [0.05, 0.1) is 0 Å².